The number of benzene rings is 1. The summed E-state index contributed by atoms with van der Waals surface area (Å²) < 4.78 is 30.0. The zero-order chi connectivity index (χ0) is 18.6. The number of urea groups is 1. The Hall–Kier alpha value is -2.43. The molecule has 2 heterocycles. The smallest absolute Gasteiger partial charge is 0.319 e. The Bertz CT molecular complexity index is 836. The second kappa shape index (κ2) is 7.85. The maximum Gasteiger partial charge on any atom is 0.319 e. The minimum Gasteiger partial charge on any atom is -0.374 e. The van der Waals surface area contributed by atoms with E-state index in [0.29, 0.717) is 18.8 Å². The van der Waals surface area contributed by atoms with Gasteiger partial charge in [0, 0.05) is 31.5 Å². The lowest BCUT2D eigenvalue weighted by Crippen LogP contribution is -2.49. The number of aromatic nitrogens is 2. The summed E-state index contributed by atoms with van der Waals surface area (Å²) in [4.78, 5) is 12.0. The molecular formula is C16H21N5O4S. The van der Waals surface area contributed by atoms with E-state index in [4.69, 9.17) is 4.74 Å². The number of H-pyrrole nitrogens is 1. The summed E-state index contributed by atoms with van der Waals surface area (Å²) in [6, 6.07) is 8.81. The molecule has 9 nitrogen and oxygen atoms in total. The average molecular weight is 379 g/mol. The average Bonchev–Trinajstić information content (AvgIpc) is 3.15. The van der Waals surface area contributed by atoms with E-state index < -0.39 is 10.0 Å². The van der Waals surface area contributed by atoms with Crippen LogP contribution in [0.4, 0.5) is 10.5 Å². The van der Waals surface area contributed by atoms with Crippen LogP contribution in [0.3, 0.4) is 0 Å². The first-order chi connectivity index (χ1) is 12.4. The predicted octanol–water partition coefficient (Wildman–Crippen LogP) is 0.859. The SMILES string of the molecule is CS(=O)(=O)N1CCO[C@H](CNC(=O)Nc2ccc(-c3ccn[nH]3)cc2)C1. The first-order valence-electron chi connectivity index (χ1n) is 8.13. The van der Waals surface area contributed by atoms with Gasteiger partial charge in [-0.3, -0.25) is 5.10 Å². The van der Waals surface area contributed by atoms with Crippen molar-refractivity contribution in [3.63, 3.8) is 0 Å². The number of carbonyl (C=O) groups excluding carboxylic acids is 1. The van der Waals surface area contributed by atoms with Crippen LogP contribution in [0.1, 0.15) is 0 Å². The molecule has 0 spiro atoms. The molecule has 3 N–H and O–H groups in total. The zero-order valence-corrected chi connectivity index (χ0v) is 15.1. The van der Waals surface area contributed by atoms with Gasteiger partial charge in [0.15, 0.2) is 0 Å². The standard InChI is InChI=1S/C16H21N5O4S/c1-26(23,24)21-8-9-25-14(11-21)10-17-16(22)19-13-4-2-12(3-5-13)15-6-7-18-20-15/h2-7,14H,8-11H2,1H3,(H,18,20)(H2,17,19,22)/t14-/m1/s1. The fraction of sp³-hybridized carbons (Fsp3) is 0.375. The fourth-order valence-corrected chi connectivity index (χ4v) is 3.49. The van der Waals surface area contributed by atoms with Crippen molar-refractivity contribution >= 4 is 21.7 Å². The molecule has 3 rings (SSSR count). The molecular weight excluding hydrogens is 358 g/mol. The molecule has 0 radical (unpaired) electrons. The van der Waals surface area contributed by atoms with Crippen molar-refractivity contribution < 1.29 is 17.9 Å². The Kier molecular flexibility index (Phi) is 5.55. The third-order valence-electron chi connectivity index (χ3n) is 4.02. The first-order valence-corrected chi connectivity index (χ1v) is 9.98. The van der Waals surface area contributed by atoms with Crippen LogP contribution in [-0.4, -0.2) is 67.6 Å². The van der Waals surface area contributed by atoms with Gasteiger partial charge in [0.2, 0.25) is 10.0 Å². The quantitative estimate of drug-likeness (QED) is 0.712. The van der Waals surface area contributed by atoms with E-state index in [0.717, 1.165) is 11.3 Å². The number of carbonyl (C=O) groups is 1. The van der Waals surface area contributed by atoms with E-state index in [1.54, 1.807) is 18.3 Å². The molecule has 1 fully saturated rings. The number of amides is 2. The highest BCUT2D eigenvalue weighted by Gasteiger charge is 2.26. The van der Waals surface area contributed by atoms with Gasteiger partial charge < -0.3 is 15.4 Å². The van der Waals surface area contributed by atoms with Crippen LogP contribution < -0.4 is 10.6 Å². The normalized spacial score (nSPS) is 18.4. The Labute approximate surface area is 151 Å². The molecule has 1 aromatic heterocycles. The van der Waals surface area contributed by atoms with Gasteiger partial charge in [-0.15, -0.1) is 0 Å². The molecule has 1 atom stereocenters. The van der Waals surface area contributed by atoms with Crippen molar-refractivity contribution in [3.8, 4) is 11.3 Å². The molecule has 0 unspecified atom stereocenters. The number of anilines is 1. The van der Waals surface area contributed by atoms with Crippen LogP contribution in [0.25, 0.3) is 11.3 Å². The van der Waals surface area contributed by atoms with Crippen molar-refractivity contribution in [1.82, 2.24) is 19.8 Å². The number of hydrogen-bond acceptors (Lipinski definition) is 5. The highest BCUT2D eigenvalue weighted by atomic mass is 32.2. The van der Waals surface area contributed by atoms with Gasteiger partial charge in [-0.05, 0) is 23.8 Å². The van der Waals surface area contributed by atoms with Crippen molar-refractivity contribution in [1.29, 1.82) is 0 Å². The predicted molar refractivity (Wildman–Crippen MR) is 97.2 cm³/mol. The van der Waals surface area contributed by atoms with Gasteiger partial charge in [0.05, 0.1) is 24.7 Å². The minimum atomic E-state index is -3.25. The van der Waals surface area contributed by atoms with Gasteiger partial charge in [-0.25, -0.2) is 13.2 Å². The van der Waals surface area contributed by atoms with Crippen molar-refractivity contribution in [2.45, 2.75) is 6.10 Å². The lowest BCUT2D eigenvalue weighted by Gasteiger charge is -2.31. The van der Waals surface area contributed by atoms with E-state index in [1.165, 1.54) is 10.6 Å². The van der Waals surface area contributed by atoms with Crippen molar-refractivity contribution in [2.24, 2.45) is 0 Å². The molecule has 26 heavy (non-hydrogen) atoms. The maximum absolute atomic E-state index is 12.0. The van der Waals surface area contributed by atoms with E-state index in [9.17, 15) is 13.2 Å². The second-order valence-electron chi connectivity index (χ2n) is 6.00. The number of sulfonamides is 1. The Morgan fingerprint density at radius 1 is 1.35 bits per heavy atom. The number of nitrogens with zero attached hydrogens (tertiary/aromatic N) is 2. The van der Waals surface area contributed by atoms with Gasteiger partial charge in [0.25, 0.3) is 0 Å². The number of ether oxygens (including phenoxy) is 1. The monoisotopic (exact) mass is 379 g/mol. The summed E-state index contributed by atoms with van der Waals surface area (Å²) in [5.41, 5.74) is 2.50. The molecule has 0 aliphatic carbocycles. The van der Waals surface area contributed by atoms with E-state index in [2.05, 4.69) is 20.8 Å². The van der Waals surface area contributed by atoms with Crippen LogP contribution in [0.15, 0.2) is 36.5 Å². The third kappa shape index (κ3) is 4.81. The van der Waals surface area contributed by atoms with Crippen LogP contribution in [0.5, 0.6) is 0 Å². The van der Waals surface area contributed by atoms with Gasteiger partial charge in [-0.2, -0.15) is 9.40 Å². The van der Waals surface area contributed by atoms with Gasteiger partial charge in [-0.1, -0.05) is 12.1 Å². The summed E-state index contributed by atoms with van der Waals surface area (Å²) in [6.07, 6.45) is 2.47. The largest absolute Gasteiger partial charge is 0.374 e. The summed E-state index contributed by atoms with van der Waals surface area (Å²) in [5.74, 6) is 0. The molecule has 0 bridgehead atoms. The Balaban J connectivity index is 1.48. The first kappa shape index (κ1) is 18.4. The second-order valence-corrected chi connectivity index (χ2v) is 7.98. The molecule has 1 aromatic carbocycles. The summed E-state index contributed by atoms with van der Waals surface area (Å²) in [6.45, 7) is 1.11. The van der Waals surface area contributed by atoms with E-state index >= 15 is 0 Å². The van der Waals surface area contributed by atoms with E-state index in [1.807, 2.05) is 18.2 Å². The number of hydrogen-bond donors (Lipinski definition) is 3. The molecule has 0 saturated carbocycles. The van der Waals surface area contributed by atoms with Gasteiger partial charge in [0.1, 0.15) is 0 Å². The lowest BCUT2D eigenvalue weighted by molar-refractivity contribution is 0.00167. The maximum atomic E-state index is 12.0. The number of morpholine rings is 1. The van der Waals surface area contributed by atoms with Crippen LogP contribution in [0, 0.1) is 0 Å². The molecule has 1 aliphatic rings. The third-order valence-corrected chi connectivity index (χ3v) is 5.29. The molecule has 2 amide bonds. The molecule has 2 aromatic rings. The Morgan fingerprint density at radius 3 is 2.77 bits per heavy atom. The minimum absolute atomic E-state index is 0.226. The molecule has 1 aliphatic heterocycles. The van der Waals surface area contributed by atoms with E-state index in [-0.39, 0.29) is 25.2 Å². The van der Waals surface area contributed by atoms with Crippen molar-refractivity contribution in [3.05, 3.63) is 36.5 Å². The number of aromatic amines is 1. The van der Waals surface area contributed by atoms with Crippen LogP contribution in [-0.2, 0) is 14.8 Å². The van der Waals surface area contributed by atoms with Crippen LogP contribution >= 0.6 is 0 Å². The highest BCUT2D eigenvalue weighted by molar-refractivity contribution is 7.88. The summed E-state index contributed by atoms with van der Waals surface area (Å²) in [7, 11) is -3.25. The summed E-state index contributed by atoms with van der Waals surface area (Å²) in [5, 5.41) is 12.2. The van der Waals surface area contributed by atoms with Crippen molar-refractivity contribution in [2.75, 3.05) is 37.8 Å². The topological polar surface area (TPSA) is 116 Å². The fourth-order valence-electron chi connectivity index (χ4n) is 2.65. The van der Waals surface area contributed by atoms with Crippen LogP contribution in [0.2, 0.25) is 0 Å². The highest BCUT2D eigenvalue weighted by Crippen LogP contribution is 2.18. The molecule has 140 valence electrons. The molecule has 10 heteroatoms. The molecule has 1 saturated heterocycles. The Morgan fingerprint density at radius 2 is 2.12 bits per heavy atom. The summed E-state index contributed by atoms with van der Waals surface area (Å²) >= 11 is 0. The zero-order valence-electron chi connectivity index (χ0n) is 14.3. The number of rotatable bonds is 5. The number of nitrogens with one attached hydrogen (secondary N) is 3. The van der Waals surface area contributed by atoms with Gasteiger partial charge >= 0.3 is 6.03 Å². The lowest BCUT2D eigenvalue weighted by atomic mass is 10.1.